The molecule has 0 aromatic carbocycles. The van der Waals surface area contributed by atoms with Gasteiger partial charge in [-0.3, -0.25) is 9.52 Å². The minimum Gasteiger partial charge on any atom is -0.300 e. The van der Waals surface area contributed by atoms with Crippen LogP contribution in [0.1, 0.15) is 51.9 Å². The highest BCUT2D eigenvalue weighted by molar-refractivity contribution is 7.98. The Labute approximate surface area is 109 Å². The third kappa shape index (κ3) is 4.74. The highest BCUT2D eigenvalue weighted by Gasteiger charge is 2.41. The summed E-state index contributed by atoms with van der Waals surface area (Å²) >= 11 is 1.63. The van der Waals surface area contributed by atoms with E-state index in [-0.39, 0.29) is 11.8 Å². The Morgan fingerprint density at radius 2 is 2.24 bits per heavy atom. The van der Waals surface area contributed by atoms with Gasteiger partial charge in [0.2, 0.25) is 5.91 Å². The van der Waals surface area contributed by atoms with Gasteiger partial charge in [-0.2, -0.15) is 0 Å². The third-order valence-electron chi connectivity index (χ3n) is 3.38. The van der Waals surface area contributed by atoms with Gasteiger partial charge < -0.3 is 0 Å². The fourth-order valence-corrected chi connectivity index (χ4v) is 2.72. The lowest BCUT2D eigenvalue weighted by Crippen LogP contribution is -2.19. The molecular weight excluding hydrogens is 230 g/mol. The minimum absolute atomic E-state index is 0.255. The second-order valence-corrected chi connectivity index (χ2v) is 6.32. The van der Waals surface area contributed by atoms with Crippen LogP contribution in [0.2, 0.25) is 0 Å². The third-order valence-corrected chi connectivity index (χ3v) is 4.51. The summed E-state index contributed by atoms with van der Waals surface area (Å²) in [7, 11) is 0. The highest BCUT2D eigenvalue weighted by atomic mass is 32.2. The van der Waals surface area contributed by atoms with Crippen LogP contribution >= 0.6 is 11.9 Å². The van der Waals surface area contributed by atoms with Gasteiger partial charge in [0.1, 0.15) is 0 Å². The summed E-state index contributed by atoms with van der Waals surface area (Å²) in [5.41, 5.74) is 0. The van der Waals surface area contributed by atoms with Crippen molar-refractivity contribution in [2.24, 2.45) is 11.8 Å². The molecule has 0 heterocycles. The molecule has 3 heteroatoms. The minimum atomic E-state index is 0.255. The van der Waals surface area contributed by atoms with Gasteiger partial charge in [0.05, 0.1) is 0 Å². The summed E-state index contributed by atoms with van der Waals surface area (Å²) in [6, 6.07) is 0. The predicted octanol–water partition coefficient (Wildman–Crippen LogP) is 3.69. The molecule has 0 saturated heterocycles. The van der Waals surface area contributed by atoms with Crippen molar-refractivity contribution in [1.29, 1.82) is 0 Å². The zero-order valence-electron chi connectivity index (χ0n) is 10.7. The Balaban J connectivity index is 1.54. The quantitative estimate of drug-likeness (QED) is 0.406. The number of hydrogen-bond donors (Lipinski definition) is 1. The molecule has 17 heavy (non-hydrogen) atoms. The molecule has 0 aliphatic heterocycles. The molecule has 1 N–H and O–H groups in total. The van der Waals surface area contributed by atoms with E-state index >= 15 is 0 Å². The second-order valence-electron chi connectivity index (χ2n) is 5.21. The van der Waals surface area contributed by atoms with Gasteiger partial charge in [-0.05, 0) is 50.0 Å². The normalized spacial score (nSPS) is 27.4. The number of nitrogens with one attached hydrogen (secondary N) is 1. The first-order chi connectivity index (χ1) is 8.31. The Kier molecular flexibility index (Phi) is 4.96. The molecule has 1 amide bonds. The number of allylic oxidation sites excluding steroid dienone is 2. The molecule has 0 aromatic rings. The Hall–Kier alpha value is -0.440. The SMILES string of the molecule is CCCCC/C=C\C1C[C@@H]1C(=O)NSC1CC1. The van der Waals surface area contributed by atoms with Crippen LogP contribution < -0.4 is 4.72 Å². The maximum atomic E-state index is 11.7. The van der Waals surface area contributed by atoms with E-state index in [0.717, 1.165) is 6.42 Å². The number of hydrogen-bond acceptors (Lipinski definition) is 2. The van der Waals surface area contributed by atoms with Gasteiger partial charge in [0.25, 0.3) is 0 Å². The fourth-order valence-electron chi connectivity index (χ4n) is 1.92. The first-order valence-electron chi connectivity index (χ1n) is 6.93. The van der Waals surface area contributed by atoms with Crippen LogP contribution in [0, 0.1) is 11.8 Å². The van der Waals surface area contributed by atoms with Crippen molar-refractivity contribution in [3.05, 3.63) is 12.2 Å². The standard InChI is InChI=1S/C14H23NOS/c1-2-3-4-5-6-7-11-10-13(11)14(16)15-17-12-8-9-12/h6-7,11-13H,2-5,8-10H2,1H3,(H,15,16)/b7-6-/t11?,13-/m0/s1. The van der Waals surface area contributed by atoms with Gasteiger partial charge in [-0.15, -0.1) is 0 Å². The van der Waals surface area contributed by atoms with Crippen molar-refractivity contribution < 1.29 is 4.79 Å². The van der Waals surface area contributed by atoms with E-state index in [4.69, 9.17) is 0 Å². The van der Waals surface area contributed by atoms with Crippen molar-refractivity contribution in [2.45, 2.75) is 57.1 Å². The largest absolute Gasteiger partial charge is 0.300 e. The molecule has 0 bridgehead atoms. The Morgan fingerprint density at radius 1 is 1.41 bits per heavy atom. The van der Waals surface area contributed by atoms with Gasteiger partial charge in [0.15, 0.2) is 0 Å². The maximum Gasteiger partial charge on any atom is 0.233 e. The molecule has 2 rings (SSSR count). The van der Waals surface area contributed by atoms with Crippen molar-refractivity contribution in [3.8, 4) is 0 Å². The predicted molar refractivity (Wildman–Crippen MR) is 73.6 cm³/mol. The molecule has 0 aromatic heterocycles. The summed E-state index contributed by atoms with van der Waals surface area (Å²) in [4.78, 5) is 11.7. The number of unbranched alkanes of at least 4 members (excludes halogenated alkanes) is 3. The number of amides is 1. The van der Waals surface area contributed by atoms with Crippen LogP contribution in [0.15, 0.2) is 12.2 Å². The molecule has 2 aliphatic rings. The van der Waals surface area contributed by atoms with Gasteiger partial charge in [0, 0.05) is 11.2 Å². The first-order valence-corrected chi connectivity index (χ1v) is 7.81. The highest BCUT2D eigenvalue weighted by Crippen LogP contribution is 2.41. The van der Waals surface area contributed by atoms with E-state index in [1.165, 1.54) is 38.5 Å². The summed E-state index contributed by atoms with van der Waals surface area (Å²) in [6.07, 6.45) is 13.2. The maximum absolute atomic E-state index is 11.7. The summed E-state index contributed by atoms with van der Waals surface area (Å²) < 4.78 is 2.99. The summed E-state index contributed by atoms with van der Waals surface area (Å²) in [6.45, 7) is 2.22. The van der Waals surface area contributed by atoms with Crippen LogP contribution in [0.4, 0.5) is 0 Å². The molecule has 2 saturated carbocycles. The first kappa shape index (κ1) is 13.0. The molecule has 0 spiro atoms. The number of rotatable bonds is 8. The van der Waals surface area contributed by atoms with Crippen molar-refractivity contribution >= 4 is 17.9 Å². The van der Waals surface area contributed by atoms with Crippen molar-refractivity contribution in [3.63, 3.8) is 0 Å². The van der Waals surface area contributed by atoms with Crippen LogP contribution in [-0.4, -0.2) is 11.2 Å². The summed E-state index contributed by atoms with van der Waals surface area (Å²) in [5, 5.41) is 0.709. The number of carbonyl (C=O) groups excluding carboxylic acids is 1. The van der Waals surface area contributed by atoms with E-state index in [1.807, 2.05) is 0 Å². The zero-order valence-corrected chi connectivity index (χ0v) is 11.5. The van der Waals surface area contributed by atoms with Crippen LogP contribution in [0.5, 0.6) is 0 Å². The van der Waals surface area contributed by atoms with Crippen LogP contribution in [0.3, 0.4) is 0 Å². The Morgan fingerprint density at radius 3 is 2.94 bits per heavy atom. The Bertz CT molecular complexity index is 286. The molecule has 2 atom stereocenters. The molecule has 96 valence electrons. The topological polar surface area (TPSA) is 29.1 Å². The lowest BCUT2D eigenvalue weighted by molar-refractivity contribution is -0.120. The van der Waals surface area contributed by atoms with Gasteiger partial charge >= 0.3 is 0 Å². The van der Waals surface area contributed by atoms with E-state index in [9.17, 15) is 4.79 Å². The fraction of sp³-hybridized carbons (Fsp3) is 0.786. The summed E-state index contributed by atoms with van der Waals surface area (Å²) in [5.74, 6) is 1.05. The van der Waals surface area contributed by atoms with E-state index < -0.39 is 0 Å². The molecule has 2 fully saturated rings. The smallest absolute Gasteiger partial charge is 0.233 e. The van der Waals surface area contributed by atoms with Crippen molar-refractivity contribution in [1.82, 2.24) is 4.72 Å². The van der Waals surface area contributed by atoms with Crippen molar-refractivity contribution in [2.75, 3.05) is 0 Å². The van der Waals surface area contributed by atoms with Crippen LogP contribution in [-0.2, 0) is 4.79 Å². The average molecular weight is 253 g/mol. The van der Waals surface area contributed by atoms with E-state index in [1.54, 1.807) is 11.9 Å². The second kappa shape index (κ2) is 6.48. The lowest BCUT2D eigenvalue weighted by Gasteiger charge is -2.00. The number of carbonyl (C=O) groups is 1. The molecule has 2 nitrogen and oxygen atoms in total. The van der Waals surface area contributed by atoms with Gasteiger partial charge in [-0.1, -0.05) is 31.9 Å². The van der Waals surface area contributed by atoms with Crippen LogP contribution in [0.25, 0.3) is 0 Å². The molecule has 2 aliphatic carbocycles. The molecule has 1 unspecified atom stereocenters. The monoisotopic (exact) mass is 253 g/mol. The lowest BCUT2D eigenvalue weighted by atomic mass is 10.2. The van der Waals surface area contributed by atoms with Gasteiger partial charge in [-0.25, -0.2) is 0 Å². The van der Waals surface area contributed by atoms with E-state index in [0.29, 0.717) is 11.2 Å². The zero-order chi connectivity index (χ0) is 12.1. The molecular formula is C14H23NOS. The van der Waals surface area contributed by atoms with E-state index in [2.05, 4.69) is 23.8 Å². The molecule has 0 radical (unpaired) electrons. The average Bonchev–Trinajstić information content (AvgIpc) is 3.20.